The zero-order valence-electron chi connectivity index (χ0n) is 14.7. The molecule has 0 radical (unpaired) electrons. The number of halogens is 1. The van der Waals surface area contributed by atoms with Crippen molar-refractivity contribution in [1.29, 1.82) is 0 Å². The van der Waals surface area contributed by atoms with Crippen molar-refractivity contribution >= 4 is 29.9 Å². The second kappa shape index (κ2) is 10.0. The maximum atomic E-state index is 4.29. The van der Waals surface area contributed by atoms with E-state index in [9.17, 15) is 0 Å². The molecule has 0 saturated heterocycles. The molecule has 5 heteroatoms. The third-order valence-corrected chi connectivity index (χ3v) is 3.24. The van der Waals surface area contributed by atoms with E-state index in [4.69, 9.17) is 0 Å². The van der Waals surface area contributed by atoms with Gasteiger partial charge >= 0.3 is 0 Å². The molecule has 0 spiro atoms. The highest BCUT2D eigenvalue weighted by Gasteiger charge is 2.19. The van der Waals surface area contributed by atoms with E-state index in [-0.39, 0.29) is 29.4 Å². The molecule has 0 bridgehead atoms. The van der Waals surface area contributed by atoms with E-state index in [1.807, 2.05) is 7.05 Å². The van der Waals surface area contributed by atoms with Gasteiger partial charge in [0.25, 0.3) is 0 Å². The fraction of sp³-hybridized carbons (Fsp3) is 0.588. The van der Waals surface area contributed by atoms with Crippen LogP contribution in [0.15, 0.2) is 29.3 Å². The fourth-order valence-electron chi connectivity index (χ4n) is 2.46. The smallest absolute Gasteiger partial charge is 0.191 e. The Bertz CT molecular complexity index is 469. The summed E-state index contributed by atoms with van der Waals surface area (Å²) in [6.45, 7) is 9.34. The lowest BCUT2D eigenvalue weighted by Crippen LogP contribution is -2.44. The fourth-order valence-corrected chi connectivity index (χ4v) is 2.46. The molecule has 0 fully saturated rings. The summed E-state index contributed by atoms with van der Waals surface area (Å²) in [5.74, 6) is 0.850. The van der Waals surface area contributed by atoms with Crippen LogP contribution in [0.4, 0.5) is 0 Å². The van der Waals surface area contributed by atoms with Gasteiger partial charge in [0.15, 0.2) is 5.96 Å². The molecule has 0 atom stereocenters. The highest BCUT2D eigenvalue weighted by molar-refractivity contribution is 14.0. The van der Waals surface area contributed by atoms with Gasteiger partial charge in [-0.05, 0) is 32.0 Å². The summed E-state index contributed by atoms with van der Waals surface area (Å²) in [7, 11) is 6.02. The zero-order chi connectivity index (χ0) is 15.9. The topological polar surface area (TPSA) is 39.7 Å². The van der Waals surface area contributed by atoms with Crippen molar-refractivity contribution in [2.24, 2.45) is 10.4 Å². The number of aryl methyl sites for hydroxylation is 1. The lowest BCUT2D eigenvalue weighted by Gasteiger charge is -2.29. The van der Waals surface area contributed by atoms with Gasteiger partial charge in [-0.15, -0.1) is 24.0 Å². The van der Waals surface area contributed by atoms with Crippen LogP contribution >= 0.6 is 24.0 Å². The van der Waals surface area contributed by atoms with Crippen molar-refractivity contribution in [3.05, 3.63) is 35.4 Å². The van der Waals surface area contributed by atoms with E-state index in [1.54, 1.807) is 0 Å². The van der Waals surface area contributed by atoms with Crippen LogP contribution in [-0.4, -0.2) is 45.1 Å². The summed E-state index contributed by atoms with van der Waals surface area (Å²) in [5, 5.41) is 6.78. The molecule has 4 nitrogen and oxygen atoms in total. The highest BCUT2D eigenvalue weighted by Crippen LogP contribution is 2.13. The molecule has 22 heavy (non-hydrogen) atoms. The SMILES string of the molecule is CN=C(NCc1cccc(C)c1)NCC(C)(C)CN(C)C.I. The third kappa shape index (κ3) is 8.58. The standard InChI is InChI=1S/C17H30N4.HI/c1-14-8-7-9-15(10-14)11-19-16(18-4)20-12-17(2,3)13-21(5)6;/h7-10H,11-13H2,1-6H3,(H2,18,19,20);1H. The summed E-state index contributed by atoms with van der Waals surface area (Å²) in [5.41, 5.74) is 2.75. The summed E-state index contributed by atoms with van der Waals surface area (Å²) in [6.07, 6.45) is 0. The van der Waals surface area contributed by atoms with Gasteiger partial charge in [0.2, 0.25) is 0 Å². The number of hydrogen-bond donors (Lipinski definition) is 2. The van der Waals surface area contributed by atoms with Crippen molar-refractivity contribution in [1.82, 2.24) is 15.5 Å². The Kier molecular flexibility index (Phi) is 9.67. The molecule has 0 unspecified atom stereocenters. The van der Waals surface area contributed by atoms with Gasteiger partial charge in [0, 0.05) is 26.7 Å². The summed E-state index contributed by atoms with van der Waals surface area (Å²) in [6, 6.07) is 8.52. The number of hydrogen-bond acceptors (Lipinski definition) is 2. The predicted octanol–water partition coefficient (Wildman–Crippen LogP) is 2.87. The number of benzene rings is 1. The minimum absolute atomic E-state index is 0. The van der Waals surface area contributed by atoms with Gasteiger partial charge in [-0.2, -0.15) is 0 Å². The molecule has 1 aromatic rings. The molecule has 1 aromatic carbocycles. The molecule has 0 aliphatic heterocycles. The summed E-state index contributed by atoms with van der Waals surface area (Å²) < 4.78 is 0. The molecule has 0 amide bonds. The molecular weight excluding hydrogens is 387 g/mol. The van der Waals surface area contributed by atoms with Gasteiger partial charge in [-0.3, -0.25) is 4.99 Å². The maximum absolute atomic E-state index is 4.29. The van der Waals surface area contributed by atoms with Crippen molar-refractivity contribution in [3.63, 3.8) is 0 Å². The molecule has 0 aliphatic rings. The van der Waals surface area contributed by atoms with Crippen molar-refractivity contribution < 1.29 is 0 Å². The van der Waals surface area contributed by atoms with Crippen LogP contribution in [0.25, 0.3) is 0 Å². The van der Waals surface area contributed by atoms with Crippen molar-refractivity contribution in [3.8, 4) is 0 Å². The normalized spacial score (nSPS) is 12.0. The van der Waals surface area contributed by atoms with Crippen LogP contribution in [0.2, 0.25) is 0 Å². The van der Waals surface area contributed by atoms with Crippen LogP contribution in [0.1, 0.15) is 25.0 Å². The Morgan fingerprint density at radius 1 is 1.23 bits per heavy atom. The second-order valence-corrected chi connectivity index (χ2v) is 6.67. The third-order valence-electron chi connectivity index (χ3n) is 3.24. The largest absolute Gasteiger partial charge is 0.356 e. The van der Waals surface area contributed by atoms with Crippen LogP contribution < -0.4 is 10.6 Å². The molecule has 2 N–H and O–H groups in total. The summed E-state index contributed by atoms with van der Waals surface area (Å²) in [4.78, 5) is 6.50. The maximum Gasteiger partial charge on any atom is 0.191 e. The van der Waals surface area contributed by atoms with E-state index in [1.165, 1.54) is 11.1 Å². The Labute approximate surface area is 152 Å². The first kappa shape index (κ1) is 21.2. The molecule has 0 aromatic heterocycles. The Morgan fingerprint density at radius 3 is 2.45 bits per heavy atom. The van der Waals surface area contributed by atoms with Crippen LogP contribution in [0, 0.1) is 12.3 Å². The van der Waals surface area contributed by atoms with Crippen molar-refractivity contribution in [2.75, 3.05) is 34.2 Å². The minimum Gasteiger partial charge on any atom is -0.356 e. The molecule has 126 valence electrons. The number of nitrogens with one attached hydrogen (secondary N) is 2. The van der Waals surface area contributed by atoms with E-state index < -0.39 is 0 Å². The van der Waals surface area contributed by atoms with E-state index >= 15 is 0 Å². The van der Waals surface area contributed by atoms with Gasteiger partial charge in [-0.25, -0.2) is 0 Å². The second-order valence-electron chi connectivity index (χ2n) is 6.67. The Balaban J connectivity index is 0.00000441. The van der Waals surface area contributed by atoms with E-state index in [0.29, 0.717) is 0 Å². The Hall–Kier alpha value is -0.820. The first-order valence-electron chi connectivity index (χ1n) is 7.47. The molecule has 0 saturated carbocycles. The summed E-state index contributed by atoms with van der Waals surface area (Å²) >= 11 is 0. The average Bonchev–Trinajstić information content (AvgIpc) is 2.37. The molecule has 0 heterocycles. The number of nitrogens with zero attached hydrogens (tertiary/aromatic N) is 2. The van der Waals surface area contributed by atoms with Gasteiger partial charge in [0.1, 0.15) is 0 Å². The first-order chi connectivity index (χ1) is 9.82. The average molecular weight is 418 g/mol. The zero-order valence-corrected chi connectivity index (χ0v) is 17.1. The molecule has 0 aliphatic carbocycles. The van der Waals surface area contributed by atoms with Crippen molar-refractivity contribution in [2.45, 2.75) is 27.3 Å². The van der Waals surface area contributed by atoms with E-state index in [2.05, 4.69) is 79.7 Å². The monoisotopic (exact) mass is 418 g/mol. The minimum atomic E-state index is 0. The Morgan fingerprint density at radius 2 is 1.91 bits per heavy atom. The van der Waals surface area contributed by atoms with Crippen LogP contribution in [0.3, 0.4) is 0 Å². The quantitative estimate of drug-likeness (QED) is 0.424. The van der Waals surface area contributed by atoms with Gasteiger partial charge in [-0.1, -0.05) is 43.7 Å². The first-order valence-corrected chi connectivity index (χ1v) is 7.47. The lowest BCUT2D eigenvalue weighted by molar-refractivity contribution is 0.241. The van der Waals surface area contributed by atoms with Crippen LogP contribution in [0.5, 0.6) is 0 Å². The van der Waals surface area contributed by atoms with Gasteiger partial charge in [0.05, 0.1) is 0 Å². The lowest BCUT2D eigenvalue weighted by atomic mass is 9.93. The van der Waals surface area contributed by atoms with E-state index in [0.717, 1.165) is 25.6 Å². The number of rotatable bonds is 6. The highest BCUT2D eigenvalue weighted by atomic mass is 127. The molecular formula is C17H31IN4. The van der Waals surface area contributed by atoms with Gasteiger partial charge < -0.3 is 15.5 Å². The number of guanidine groups is 1. The molecule has 1 rings (SSSR count). The predicted molar refractivity (Wildman–Crippen MR) is 107 cm³/mol. The number of aliphatic imine (C=N–C) groups is 1. The van der Waals surface area contributed by atoms with Crippen LogP contribution in [-0.2, 0) is 6.54 Å².